The summed E-state index contributed by atoms with van der Waals surface area (Å²) in [5.41, 5.74) is -0.768. The normalized spacial score (nSPS) is 12.0. The highest BCUT2D eigenvalue weighted by atomic mass is 19.1. The van der Waals surface area contributed by atoms with Crippen LogP contribution in [-0.4, -0.2) is 24.2 Å². The molecule has 2 N–H and O–H groups in total. The summed E-state index contributed by atoms with van der Waals surface area (Å²) in [5, 5.41) is 11.6. The highest BCUT2D eigenvalue weighted by Gasteiger charge is 2.24. The van der Waals surface area contributed by atoms with E-state index in [-0.39, 0.29) is 18.1 Å². The molecule has 5 nitrogen and oxygen atoms in total. The zero-order valence-electron chi connectivity index (χ0n) is 11.8. The minimum Gasteiger partial charge on any atom is -0.491 e. The molecule has 0 aliphatic rings. The van der Waals surface area contributed by atoms with E-state index in [1.807, 2.05) is 0 Å². The summed E-state index contributed by atoms with van der Waals surface area (Å²) in [7, 11) is 0. The van der Waals surface area contributed by atoms with Gasteiger partial charge in [0.1, 0.15) is 23.2 Å². The number of rotatable bonds is 6. The molecule has 1 amide bonds. The van der Waals surface area contributed by atoms with Gasteiger partial charge in [0.25, 0.3) is 5.91 Å². The van der Waals surface area contributed by atoms with Gasteiger partial charge in [0, 0.05) is 0 Å². The van der Waals surface area contributed by atoms with E-state index in [0.29, 0.717) is 0 Å². The predicted octanol–water partition coefficient (Wildman–Crippen LogP) is 2.42. The number of benzene rings is 1. The van der Waals surface area contributed by atoms with Gasteiger partial charge in [-0.1, -0.05) is 0 Å². The van der Waals surface area contributed by atoms with Gasteiger partial charge in [-0.2, -0.15) is 0 Å². The van der Waals surface area contributed by atoms with Crippen LogP contribution in [0.2, 0.25) is 0 Å². The molecule has 1 heterocycles. The number of carbonyl (C=O) groups is 1. The first kappa shape index (κ1) is 16.0. The SMILES string of the molecule is CCOc1ccc(F)c(C(=O)NC(CO)c2ccco2)c1F. The van der Waals surface area contributed by atoms with E-state index < -0.39 is 35.8 Å². The lowest BCUT2D eigenvalue weighted by Crippen LogP contribution is -2.32. The summed E-state index contributed by atoms with van der Waals surface area (Å²) in [6.07, 6.45) is 1.36. The Bertz CT molecular complexity index is 643. The second kappa shape index (κ2) is 7.04. The number of hydrogen-bond acceptors (Lipinski definition) is 4. The average Bonchev–Trinajstić information content (AvgIpc) is 3.02. The fourth-order valence-electron chi connectivity index (χ4n) is 1.94. The van der Waals surface area contributed by atoms with Crippen molar-refractivity contribution < 1.29 is 27.8 Å². The summed E-state index contributed by atoms with van der Waals surface area (Å²) in [6.45, 7) is 1.34. The molecule has 7 heteroatoms. The Kier molecular flexibility index (Phi) is 5.11. The summed E-state index contributed by atoms with van der Waals surface area (Å²) < 4.78 is 38.0. The van der Waals surface area contributed by atoms with Crippen LogP contribution < -0.4 is 10.1 Å². The van der Waals surface area contributed by atoms with Crippen LogP contribution in [0.5, 0.6) is 5.75 Å². The number of ether oxygens (including phenoxy) is 1. The van der Waals surface area contributed by atoms with Crippen LogP contribution in [0.25, 0.3) is 0 Å². The van der Waals surface area contributed by atoms with Crippen LogP contribution in [0.15, 0.2) is 34.9 Å². The van der Waals surface area contributed by atoms with Crippen LogP contribution in [-0.2, 0) is 0 Å². The van der Waals surface area contributed by atoms with Gasteiger partial charge in [-0.3, -0.25) is 4.79 Å². The van der Waals surface area contributed by atoms with Gasteiger partial charge in [0.15, 0.2) is 11.6 Å². The Balaban J connectivity index is 2.27. The molecule has 1 atom stereocenters. The largest absolute Gasteiger partial charge is 0.491 e. The van der Waals surface area contributed by atoms with Crippen molar-refractivity contribution in [1.29, 1.82) is 0 Å². The first-order valence-electron chi connectivity index (χ1n) is 6.64. The van der Waals surface area contributed by atoms with E-state index in [2.05, 4.69) is 5.32 Å². The molecule has 2 aromatic rings. The number of halogens is 2. The number of nitrogens with one attached hydrogen (secondary N) is 1. The van der Waals surface area contributed by atoms with Crippen molar-refractivity contribution in [2.24, 2.45) is 0 Å². The van der Waals surface area contributed by atoms with Crippen molar-refractivity contribution in [1.82, 2.24) is 5.32 Å². The van der Waals surface area contributed by atoms with E-state index in [1.165, 1.54) is 12.3 Å². The smallest absolute Gasteiger partial charge is 0.258 e. The molecule has 1 aromatic carbocycles. The molecule has 0 saturated heterocycles. The summed E-state index contributed by atoms with van der Waals surface area (Å²) in [6, 6.07) is 4.26. The Labute approximate surface area is 125 Å². The second-order valence-electron chi connectivity index (χ2n) is 4.39. The molecule has 1 unspecified atom stereocenters. The number of hydrogen-bond donors (Lipinski definition) is 2. The van der Waals surface area contributed by atoms with Crippen LogP contribution in [0.3, 0.4) is 0 Å². The molecular formula is C15H15F2NO4. The molecule has 2 rings (SSSR count). The monoisotopic (exact) mass is 311 g/mol. The Hall–Kier alpha value is -2.41. The zero-order valence-corrected chi connectivity index (χ0v) is 11.8. The van der Waals surface area contributed by atoms with E-state index >= 15 is 0 Å². The van der Waals surface area contributed by atoms with Gasteiger partial charge in [-0.25, -0.2) is 8.78 Å². The lowest BCUT2D eigenvalue weighted by molar-refractivity contribution is 0.0897. The van der Waals surface area contributed by atoms with Gasteiger partial charge in [0.2, 0.25) is 0 Å². The van der Waals surface area contributed by atoms with E-state index in [9.17, 15) is 18.7 Å². The highest BCUT2D eigenvalue weighted by Crippen LogP contribution is 2.24. The van der Waals surface area contributed by atoms with Gasteiger partial charge in [-0.15, -0.1) is 0 Å². The van der Waals surface area contributed by atoms with Crippen molar-refractivity contribution in [2.45, 2.75) is 13.0 Å². The van der Waals surface area contributed by atoms with E-state index in [1.54, 1.807) is 13.0 Å². The van der Waals surface area contributed by atoms with Crippen LogP contribution in [0.1, 0.15) is 29.1 Å². The fraction of sp³-hybridized carbons (Fsp3) is 0.267. The maximum Gasteiger partial charge on any atom is 0.258 e. The third-order valence-corrected chi connectivity index (χ3v) is 2.96. The number of aliphatic hydroxyl groups excluding tert-OH is 1. The molecule has 0 saturated carbocycles. The first-order chi connectivity index (χ1) is 10.6. The first-order valence-corrected chi connectivity index (χ1v) is 6.64. The lowest BCUT2D eigenvalue weighted by Gasteiger charge is -2.15. The topological polar surface area (TPSA) is 71.7 Å². The second-order valence-corrected chi connectivity index (χ2v) is 4.39. The van der Waals surface area contributed by atoms with Gasteiger partial charge in [-0.05, 0) is 31.2 Å². The number of furan rings is 1. The molecule has 1 aromatic heterocycles. The van der Waals surface area contributed by atoms with Gasteiger partial charge >= 0.3 is 0 Å². The molecule has 22 heavy (non-hydrogen) atoms. The van der Waals surface area contributed by atoms with Gasteiger partial charge < -0.3 is 19.6 Å². The average molecular weight is 311 g/mol. The van der Waals surface area contributed by atoms with Crippen LogP contribution in [0, 0.1) is 11.6 Å². The molecule has 0 fully saturated rings. The Morgan fingerprint density at radius 2 is 2.18 bits per heavy atom. The summed E-state index contributed by atoms with van der Waals surface area (Å²) in [4.78, 5) is 12.1. The van der Waals surface area contributed by atoms with Crippen molar-refractivity contribution in [3.8, 4) is 5.75 Å². The third kappa shape index (κ3) is 3.25. The molecule has 0 bridgehead atoms. The minimum atomic E-state index is -1.09. The molecule has 0 aliphatic heterocycles. The molecule has 0 aliphatic carbocycles. The van der Waals surface area contributed by atoms with E-state index in [4.69, 9.17) is 9.15 Å². The summed E-state index contributed by atoms with van der Waals surface area (Å²) >= 11 is 0. The zero-order chi connectivity index (χ0) is 16.1. The van der Waals surface area contributed by atoms with Gasteiger partial charge in [0.05, 0.1) is 19.5 Å². The van der Waals surface area contributed by atoms with Crippen molar-refractivity contribution in [2.75, 3.05) is 13.2 Å². The maximum absolute atomic E-state index is 14.2. The summed E-state index contributed by atoms with van der Waals surface area (Å²) in [5.74, 6) is -3.05. The quantitative estimate of drug-likeness (QED) is 0.859. The standard InChI is InChI=1S/C15H15F2NO4/c1-2-21-12-6-5-9(16)13(14(12)17)15(20)18-10(8-19)11-4-3-7-22-11/h3-7,10,19H,2,8H2,1H3,(H,18,20). The van der Waals surface area contributed by atoms with Crippen LogP contribution in [0.4, 0.5) is 8.78 Å². The number of carbonyl (C=O) groups excluding carboxylic acids is 1. The Morgan fingerprint density at radius 1 is 1.41 bits per heavy atom. The maximum atomic E-state index is 14.2. The number of aliphatic hydroxyl groups is 1. The lowest BCUT2D eigenvalue weighted by atomic mass is 10.1. The third-order valence-electron chi connectivity index (χ3n) is 2.96. The minimum absolute atomic E-state index is 0.176. The fourth-order valence-corrected chi connectivity index (χ4v) is 1.94. The molecular weight excluding hydrogens is 296 g/mol. The predicted molar refractivity (Wildman–Crippen MR) is 73.5 cm³/mol. The number of amides is 1. The highest BCUT2D eigenvalue weighted by molar-refractivity contribution is 5.95. The Morgan fingerprint density at radius 3 is 2.77 bits per heavy atom. The molecule has 0 radical (unpaired) electrons. The van der Waals surface area contributed by atoms with Crippen molar-refractivity contribution in [3.05, 3.63) is 53.5 Å². The van der Waals surface area contributed by atoms with Crippen molar-refractivity contribution in [3.63, 3.8) is 0 Å². The molecule has 118 valence electrons. The van der Waals surface area contributed by atoms with Crippen molar-refractivity contribution >= 4 is 5.91 Å². The molecule has 0 spiro atoms. The van der Waals surface area contributed by atoms with E-state index in [0.717, 1.165) is 12.1 Å². The van der Waals surface area contributed by atoms with Crippen LogP contribution >= 0.6 is 0 Å².